The van der Waals surface area contributed by atoms with Crippen molar-refractivity contribution in [1.82, 2.24) is 10.2 Å². The standard InChI is InChI=1S/C14H15IN2O4/c1-9-10(4-3-5-11(9)15)14(18)20-7-6-12-16-17-13(21-12)8-19-2/h3-5H,6-8H2,1-2H3. The second kappa shape index (κ2) is 7.51. The molecule has 0 fully saturated rings. The minimum atomic E-state index is -0.345. The van der Waals surface area contributed by atoms with Crippen LogP contribution in [0, 0.1) is 10.5 Å². The third-order valence-electron chi connectivity index (χ3n) is 2.81. The third kappa shape index (κ3) is 4.24. The summed E-state index contributed by atoms with van der Waals surface area (Å²) in [6.07, 6.45) is 0.380. The lowest BCUT2D eigenvalue weighted by Gasteiger charge is -2.07. The van der Waals surface area contributed by atoms with E-state index in [1.165, 1.54) is 0 Å². The van der Waals surface area contributed by atoms with Gasteiger partial charge in [0.1, 0.15) is 13.2 Å². The fourth-order valence-electron chi connectivity index (χ4n) is 1.71. The lowest BCUT2D eigenvalue weighted by molar-refractivity contribution is 0.0501. The lowest BCUT2D eigenvalue weighted by Crippen LogP contribution is -2.10. The van der Waals surface area contributed by atoms with E-state index in [1.807, 2.05) is 19.1 Å². The van der Waals surface area contributed by atoms with Gasteiger partial charge in [0.05, 0.1) is 12.0 Å². The van der Waals surface area contributed by atoms with Gasteiger partial charge in [0.15, 0.2) is 0 Å². The summed E-state index contributed by atoms with van der Waals surface area (Å²) in [6.45, 7) is 2.36. The third-order valence-corrected chi connectivity index (χ3v) is 3.98. The first-order valence-electron chi connectivity index (χ1n) is 6.34. The van der Waals surface area contributed by atoms with Crippen LogP contribution in [0.3, 0.4) is 0 Å². The van der Waals surface area contributed by atoms with Gasteiger partial charge in [0.2, 0.25) is 11.8 Å². The molecule has 0 unspecified atom stereocenters. The van der Waals surface area contributed by atoms with Crippen LogP contribution in [0.5, 0.6) is 0 Å². The molecule has 0 spiro atoms. The van der Waals surface area contributed by atoms with Crippen LogP contribution in [0.2, 0.25) is 0 Å². The number of carbonyl (C=O) groups excluding carboxylic acids is 1. The van der Waals surface area contributed by atoms with Gasteiger partial charge < -0.3 is 13.9 Å². The molecule has 0 aliphatic rings. The van der Waals surface area contributed by atoms with Crippen LogP contribution in [0.25, 0.3) is 0 Å². The fourth-order valence-corrected chi connectivity index (χ4v) is 2.21. The maximum absolute atomic E-state index is 12.0. The van der Waals surface area contributed by atoms with Crippen molar-refractivity contribution in [2.45, 2.75) is 20.0 Å². The molecule has 6 nitrogen and oxygen atoms in total. The van der Waals surface area contributed by atoms with Crippen LogP contribution in [0.4, 0.5) is 0 Å². The Bertz CT molecular complexity index is 627. The number of carbonyl (C=O) groups is 1. The number of esters is 1. The Balaban J connectivity index is 1.87. The molecule has 0 aliphatic heterocycles. The highest BCUT2D eigenvalue weighted by Gasteiger charge is 2.13. The van der Waals surface area contributed by atoms with Crippen molar-refractivity contribution >= 4 is 28.6 Å². The highest BCUT2D eigenvalue weighted by molar-refractivity contribution is 14.1. The van der Waals surface area contributed by atoms with E-state index in [0.29, 0.717) is 23.8 Å². The minimum absolute atomic E-state index is 0.193. The van der Waals surface area contributed by atoms with Crippen molar-refractivity contribution in [1.29, 1.82) is 0 Å². The van der Waals surface area contributed by atoms with E-state index in [2.05, 4.69) is 32.8 Å². The second-order valence-corrected chi connectivity index (χ2v) is 5.48. The van der Waals surface area contributed by atoms with E-state index in [4.69, 9.17) is 13.9 Å². The molecule has 0 saturated carbocycles. The number of aromatic nitrogens is 2. The highest BCUT2D eigenvalue weighted by atomic mass is 127. The topological polar surface area (TPSA) is 74.5 Å². The average Bonchev–Trinajstić information content (AvgIpc) is 2.90. The van der Waals surface area contributed by atoms with Crippen LogP contribution in [-0.4, -0.2) is 29.9 Å². The number of benzene rings is 1. The first kappa shape index (κ1) is 15.9. The van der Waals surface area contributed by atoms with Crippen LogP contribution in [0.1, 0.15) is 27.7 Å². The molecule has 0 radical (unpaired) electrons. The van der Waals surface area contributed by atoms with E-state index in [-0.39, 0.29) is 19.2 Å². The zero-order valence-corrected chi connectivity index (χ0v) is 13.9. The average molecular weight is 402 g/mol. The molecule has 0 aliphatic carbocycles. The minimum Gasteiger partial charge on any atom is -0.462 e. The van der Waals surface area contributed by atoms with Crippen molar-refractivity contribution < 1.29 is 18.7 Å². The zero-order chi connectivity index (χ0) is 15.2. The van der Waals surface area contributed by atoms with Gasteiger partial charge in [0.25, 0.3) is 0 Å². The summed E-state index contributed by atoms with van der Waals surface area (Å²) < 4.78 is 16.5. The van der Waals surface area contributed by atoms with Gasteiger partial charge in [-0.3, -0.25) is 0 Å². The van der Waals surface area contributed by atoms with Crippen molar-refractivity contribution in [3.05, 3.63) is 44.7 Å². The summed E-state index contributed by atoms with van der Waals surface area (Å²) in [5.41, 5.74) is 1.50. The van der Waals surface area contributed by atoms with E-state index in [1.54, 1.807) is 13.2 Å². The number of ether oxygens (including phenoxy) is 2. The summed E-state index contributed by atoms with van der Waals surface area (Å²) in [6, 6.07) is 5.53. The SMILES string of the molecule is COCc1nnc(CCOC(=O)c2cccc(I)c2C)o1. The molecular weight excluding hydrogens is 387 g/mol. The monoisotopic (exact) mass is 402 g/mol. The summed E-state index contributed by atoms with van der Waals surface area (Å²) >= 11 is 2.19. The number of hydrogen-bond donors (Lipinski definition) is 0. The predicted octanol–water partition coefficient (Wildman–Crippen LogP) is 2.53. The highest BCUT2D eigenvalue weighted by Crippen LogP contribution is 2.16. The largest absolute Gasteiger partial charge is 0.462 e. The summed E-state index contributed by atoms with van der Waals surface area (Å²) in [7, 11) is 1.55. The molecular formula is C14H15IN2O4. The summed E-state index contributed by atoms with van der Waals surface area (Å²) in [5.74, 6) is 0.490. The first-order chi connectivity index (χ1) is 10.1. The number of rotatable bonds is 6. The molecule has 0 N–H and O–H groups in total. The second-order valence-electron chi connectivity index (χ2n) is 4.32. The van der Waals surface area contributed by atoms with Crippen molar-refractivity contribution in [3.8, 4) is 0 Å². The fraction of sp³-hybridized carbons (Fsp3) is 0.357. The molecule has 112 valence electrons. The van der Waals surface area contributed by atoms with Gasteiger partial charge in [0, 0.05) is 10.7 Å². The number of methoxy groups -OCH3 is 1. The van der Waals surface area contributed by atoms with Crippen LogP contribution < -0.4 is 0 Å². The quantitative estimate of drug-likeness (QED) is 0.546. The van der Waals surface area contributed by atoms with E-state index in [0.717, 1.165) is 9.13 Å². The molecule has 1 aromatic heterocycles. The van der Waals surface area contributed by atoms with Gasteiger partial charge in [-0.25, -0.2) is 4.79 Å². The van der Waals surface area contributed by atoms with Gasteiger partial charge >= 0.3 is 5.97 Å². The Morgan fingerprint density at radius 3 is 2.86 bits per heavy atom. The smallest absolute Gasteiger partial charge is 0.338 e. The Morgan fingerprint density at radius 1 is 1.33 bits per heavy atom. The van der Waals surface area contributed by atoms with Crippen LogP contribution in [0.15, 0.2) is 22.6 Å². The van der Waals surface area contributed by atoms with E-state index < -0.39 is 0 Å². The normalized spacial score (nSPS) is 10.6. The molecule has 2 rings (SSSR count). The molecule has 1 aromatic carbocycles. The van der Waals surface area contributed by atoms with Crippen molar-refractivity contribution in [2.75, 3.05) is 13.7 Å². The zero-order valence-electron chi connectivity index (χ0n) is 11.8. The summed E-state index contributed by atoms with van der Waals surface area (Å²) in [4.78, 5) is 12.0. The van der Waals surface area contributed by atoms with Crippen molar-refractivity contribution in [2.24, 2.45) is 0 Å². The lowest BCUT2D eigenvalue weighted by atomic mass is 10.1. The Hall–Kier alpha value is -1.48. The predicted molar refractivity (Wildman–Crippen MR) is 82.9 cm³/mol. The number of hydrogen-bond acceptors (Lipinski definition) is 6. The Labute approximate surface area is 136 Å². The van der Waals surface area contributed by atoms with E-state index in [9.17, 15) is 4.79 Å². The molecule has 0 amide bonds. The van der Waals surface area contributed by atoms with Gasteiger partial charge in [-0.05, 0) is 47.2 Å². The first-order valence-corrected chi connectivity index (χ1v) is 7.42. The number of halogens is 1. The van der Waals surface area contributed by atoms with Gasteiger partial charge in [-0.2, -0.15) is 0 Å². The summed E-state index contributed by atoms with van der Waals surface area (Å²) in [5, 5.41) is 7.65. The molecule has 0 atom stereocenters. The Kier molecular flexibility index (Phi) is 5.68. The van der Waals surface area contributed by atoms with Gasteiger partial charge in [-0.15, -0.1) is 10.2 Å². The van der Waals surface area contributed by atoms with Crippen LogP contribution in [-0.2, 0) is 22.5 Å². The molecule has 7 heteroatoms. The number of nitrogens with zero attached hydrogens (tertiary/aromatic N) is 2. The van der Waals surface area contributed by atoms with Gasteiger partial charge in [-0.1, -0.05) is 6.07 Å². The Morgan fingerprint density at radius 2 is 2.10 bits per heavy atom. The van der Waals surface area contributed by atoms with Crippen molar-refractivity contribution in [3.63, 3.8) is 0 Å². The molecule has 21 heavy (non-hydrogen) atoms. The molecule has 1 heterocycles. The molecule has 2 aromatic rings. The maximum atomic E-state index is 12.0. The maximum Gasteiger partial charge on any atom is 0.338 e. The molecule has 0 saturated heterocycles. The van der Waals surface area contributed by atoms with E-state index >= 15 is 0 Å². The molecule has 0 bridgehead atoms. The van der Waals surface area contributed by atoms with Crippen LogP contribution >= 0.6 is 22.6 Å².